The number of hydrogen-bond acceptors (Lipinski definition) is 3. The van der Waals surface area contributed by atoms with Gasteiger partial charge in [-0.1, -0.05) is 51.5 Å². The fourth-order valence-corrected chi connectivity index (χ4v) is 7.99. The molecule has 3 fully saturated rings. The molecule has 7 atom stereocenters. The predicted molar refractivity (Wildman–Crippen MR) is 115 cm³/mol. The van der Waals surface area contributed by atoms with E-state index in [9.17, 15) is 15.3 Å². The fourth-order valence-electron chi connectivity index (χ4n) is 7.99. The van der Waals surface area contributed by atoms with E-state index in [0.717, 1.165) is 44.9 Å². The Bertz CT molecular complexity index is 636. The molecule has 3 saturated carbocycles. The first-order valence-corrected chi connectivity index (χ1v) is 11.3. The summed E-state index contributed by atoms with van der Waals surface area (Å²) >= 11 is 0. The van der Waals surface area contributed by atoms with Crippen molar-refractivity contribution in [2.24, 2.45) is 34.0 Å². The molecule has 0 amide bonds. The molecule has 0 aromatic carbocycles. The Balaban J connectivity index is 1.98. The second kappa shape index (κ2) is 7.56. The van der Waals surface area contributed by atoms with Gasteiger partial charge in [0.25, 0.3) is 0 Å². The zero-order valence-electron chi connectivity index (χ0n) is 18.7. The number of fused-ring (bicyclic) bond motifs is 3. The van der Waals surface area contributed by atoms with E-state index >= 15 is 0 Å². The zero-order chi connectivity index (χ0) is 20.9. The van der Waals surface area contributed by atoms with Crippen molar-refractivity contribution < 1.29 is 15.3 Å². The Kier molecular flexibility index (Phi) is 5.95. The third kappa shape index (κ3) is 3.32. The van der Waals surface area contributed by atoms with Crippen molar-refractivity contribution in [3.63, 3.8) is 0 Å². The molecule has 0 heterocycles. The van der Waals surface area contributed by atoms with E-state index in [2.05, 4.69) is 41.2 Å². The highest BCUT2D eigenvalue weighted by Crippen LogP contribution is 2.69. The predicted octanol–water partition coefficient (Wildman–Crippen LogP) is 4.86. The summed E-state index contributed by atoms with van der Waals surface area (Å²) in [6.45, 7) is 15.8. The van der Waals surface area contributed by atoms with Crippen molar-refractivity contribution in [2.75, 3.05) is 6.61 Å². The maximum atomic E-state index is 11.4. The quantitative estimate of drug-likeness (QED) is 0.601. The lowest BCUT2D eigenvalue weighted by atomic mass is 9.37. The molecule has 28 heavy (non-hydrogen) atoms. The Morgan fingerprint density at radius 1 is 1.18 bits per heavy atom. The molecule has 160 valence electrons. The van der Waals surface area contributed by atoms with Crippen LogP contribution in [-0.2, 0) is 0 Å². The molecule has 3 aliphatic carbocycles. The largest absolute Gasteiger partial charge is 0.393 e. The van der Waals surface area contributed by atoms with Crippen molar-refractivity contribution in [3.8, 4) is 0 Å². The van der Waals surface area contributed by atoms with Gasteiger partial charge in [-0.2, -0.15) is 0 Å². The molecular weight excluding hydrogens is 348 g/mol. The van der Waals surface area contributed by atoms with E-state index in [-0.39, 0.29) is 41.0 Å². The van der Waals surface area contributed by atoms with Crippen molar-refractivity contribution in [3.05, 3.63) is 23.8 Å². The van der Waals surface area contributed by atoms with E-state index in [0.29, 0.717) is 11.8 Å². The standard InChI is InChI=1S/C25H42O3/c1-16(12-14-26)7-9-18-17(2)8-10-20-24(18,5)15-19(27)22-23(3,4)13-11-21(28)25(20,22)6/h12,18-22,26-28H,2,7-11,13-15H2,1,3-6H3/b16-12-/t18-,19+,20+,21-,22+,24+,25+/m1/s1. The van der Waals surface area contributed by atoms with Gasteiger partial charge in [0, 0.05) is 5.41 Å². The van der Waals surface area contributed by atoms with Crippen LogP contribution in [0.15, 0.2) is 23.8 Å². The lowest BCUT2D eigenvalue weighted by Gasteiger charge is -2.68. The van der Waals surface area contributed by atoms with Crippen LogP contribution >= 0.6 is 0 Å². The second-order valence-corrected chi connectivity index (χ2v) is 11.2. The Morgan fingerprint density at radius 2 is 1.86 bits per heavy atom. The summed E-state index contributed by atoms with van der Waals surface area (Å²) in [7, 11) is 0. The van der Waals surface area contributed by atoms with Crippen molar-refractivity contribution in [1.82, 2.24) is 0 Å². The monoisotopic (exact) mass is 390 g/mol. The highest BCUT2D eigenvalue weighted by molar-refractivity contribution is 5.22. The number of allylic oxidation sites excluding steroid dienone is 2. The van der Waals surface area contributed by atoms with Gasteiger partial charge in [0.1, 0.15) is 0 Å². The second-order valence-electron chi connectivity index (χ2n) is 11.2. The highest BCUT2D eigenvalue weighted by atomic mass is 16.3. The minimum Gasteiger partial charge on any atom is -0.393 e. The summed E-state index contributed by atoms with van der Waals surface area (Å²) in [5.74, 6) is 0.906. The SMILES string of the molecule is C=C1CC[C@H]2[C@@](C)(C[C@H](O)[C@H]3C(C)(C)CC[C@@H](O)[C@@]32C)[C@@H]1CC/C(C)=C\CO. The van der Waals surface area contributed by atoms with Crippen LogP contribution in [-0.4, -0.2) is 34.1 Å². The third-order valence-electron chi connectivity index (χ3n) is 9.18. The summed E-state index contributed by atoms with van der Waals surface area (Å²) in [5, 5.41) is 31.8. The van der Waals surface area contributed by atoms with Gasteiger partial charge in [0.05, 0.1) is 18.8 Å². The number of aliphatic hydroxyl groups is 3. The first-order chi connectivity index (χ1) is 13.0. The summed E-state index contributed by atoms with van der Waals surface area (Å²) in [4.78, 5) is 0. The highest BCUT2D eigenvalue weighted by Gasteiger charge is 2.66. The lowest BCUT2D eigenvalue weighted by molar-refractivity contribution is -0.242. The molecule has 0 aromatic rings. The molecule has 3 N–H and O–H groups in total. The molecule has 3 nitrogen and oxygen atoms in total. The van der Waals surface area contributed by atoms with Crippen molar-refractivity contribution in [1.29, 1.82) is 0 Å². The summed E-state index contributed by atoms with van der Waals surface area (Å²) in [6.07, 6.45) is 7.87. The molecule has 0 unspecified atom stereocenters. The number of hydrogen-bond donors (Lipinski definition) is 3. The zero-order valence-corrected chi connectivity index (χ0v) is 18.7. The molecule has 0 bridgehead atoms. The average molecular weight is 391 g/mol. The number of rotatable bonds is 4. The van der Waals surface area contributed by atoms with Crippen LogP contribution in [0.25, 0.3) is 0 Å². The first kappa shape index (κ1) is 22.1. The normalized spacial score (nSPS) is 46.1. The van der Waals surface area contributed by atoms with Crippen LogP contribution in [0.3, 0.4) is 0 Å². The minimum absolute atomic E-state index is 0.0338. The first-order valence-electron chi connectivity index (χ1n) is 11.3. The van der Waals surface area contributed by atoms with Crippen LogP contribution < -0.4 is 0 Å². The third-order valence-corrected chi connectivity index (χ3v) is 9.18. The molecule has 0 aliphatic heterocycles. The van der Waals surface area contributed by atoms with Crippen LogP contribution in [0.1, 0.15) is 79.6 Å². The molecule has 0 aromatic heterocycles. The van der Waals surface area contributed by atoms with Gasteiger partial charge in [-0.15, -0.1) is 0 Å². The van der Waals surface area contributed by atoms with Gasteiger partial charge >= 0.3 is 0 Å². The molecule has 3 heteroatoms. The Labute approximate surface area is 171 Å². The minimum atomic E-state index is -0.376. The van der Waals surface area contributed by atoms with Crippen LogP contribution in [0.4, 0.5) is 0 Å². The lowest BCUT2D eigenvalue weighted by Crippen LogP contribution is -2.67. The maximum Gasteiger partial charge on any atom is 0.0614 e. The van der Waals surface area contributed by atoms with Gasteiger partial charge in [-0.05, 0) is 80.5 Å². The van der Waals surface area contributed by atoms with E-state index in [1.165, 1.54) is 11.1 Å². The van der Waals surface area contributed by atoms with Gasteiger partial charge in [0.2, 0.25) is 0 Å². The summed E-state index contributed by atoms with van der Waals surface area (Å²) in [6, 6.07) is 0. The van der Waals surface area contributed by atoms with Crippen molar-refractivity contribution in [2.45, 2.75) is 91.8 Å². The Hall–Kier alpha value is -0.640. The van der Waals surface area contributed by atoms with Gasteiger partial charge in [0.15, 0.2) is 0 Å². The maximum absolute atomic E-state index is 11.4. The molecule has 0 spiro atoms. The summed E-state index contributed by atoms with van der Waals surface area (Å²) in [5.41, 5.74) is 2.31. The fraction of sp³-hybridized carbons (Fsp3) is 0.840. The Morgan fingerprint density at radius 3 is 2.50 bits per heavy atom. The van der Waals surface area contributed by atoms with Crippen LogP contribution in [0.5, 0.6) is 0 Å². The van der Waals surface area contributed by atoms with Gasteiger partial charge < -0.3 is 15.3 Å². The smallest absolute Gasteiger partial charge is 0.0614 e. The topological polar surface area (TPSA) is 60.7 Å². The van der Waals surface area contributed by atoms with E-state index < -0.39 is 0 Å². The van der Waals surface area contributed by atoms with E-state index in [1.54, 1.807) is 0 Å². The van der Waals surface area contributed by atoms with E-state index in [4.69, 9.17) is 0 Å². The summed E-state index contributed by atoms with van der Waals surface area (Å²) < 4.78 is 0. The van der Waals surface area contributed by atoms with Crippen LogP contribution in [0, 0.1) is 34.0 Å². The molecular formula is C25H42O3. The average Bonchev–Trinajstić information content (AvgIpc) is 2.57. The molecule has 3 aliphatic rings. The van der Waals surface area contributed by atoms with Crippen LogP contribution in [0.2, 0.25) is 0 Å². The van der Waals surface area contributed by atoms with Gasteiger partial charge in [-0.3, -0.25) is 0 Å². The molecule has 3 rings (SSSR count). The van der Waals surface area contributed by atoms with Gasteiger partial charge in [-0.25, -0.2) is 0 Å². The van der Waals surface area contributed by atoms with Crippen molar-refractivity contribution >= 4 is 0 Å². The van der Waals surface area contributed by atoms with E-state index in [1.807, 2.05) is 6.08 Å². The molecule has 0 radical (unpaired) electrons. The number of aliphatic hydroxyl groups excluding tert-OH is 3. The molecule has 0 saturated heterocycles.